The zero-order valence-corrected chi connectivity index (χ0v) is 13.8. The largest absolute Gasteiger partial charge is 0.505 e. The number of hydrogen-bond donors (Lipinski definition) is 2. The van der Waals surface area contributed by atoms with E-state index in [9.17, 15) is 15.0 Å². The average Bonchev–Trinajstić information content (AvgIpc) is 2.60. The number of carboxylic acid groups (broad SMARTS) is 1. The Morgan fingerprint density at radius 2 is 1.68 bits per heavy atom. The monoisotopic (exact) mass is 335 g/mol. The molecule has 3 aromatic rings. The van der Waals surface area contributed by atoms with Crippen molar-refractivity contribution >= 4 is 33.8 Å². The fourth-order valence-corrected chi connectivity index (χ4v) is 2.51. The first-order valence-corrected chi connectivity index (χ1v) is 7.64. The van der Waals surface area contributed by atoms with Crippen molar-refractivity contribution in [2.75, 3.05) is 19.0 Å². The molecule has 126 valence electrons. The summed E-state index contributed by atoms with van der Waals surface area (Å²) in [5, 5.41) is 29.2. The third-order valence-electron chi connectivity index (χ3n) is 3.86. The van der Waals surface area contributed by atoms with Crippen LogP contribution in [0.2, 0.25) is 0 Å². The first-order valence-electron chi connectivity index (χ1n) is 7.64. The molecule has 0 unspecified atom stereocenters. The first-order chi connectivity index (χ1) is 12.0. The van der Waals surface area contributed by atoms with Gasteiger partial charge in [-0.25, -0.2) is 4.79 Å². The fourth-order valence-electron chi connectivity index (χ4n) is 2.51. The van der Waals surface area contributed by atoms with Gasteiger partial charge in [0, 0.05) is 25.2 Å². The molecule has 6 heteroatoms. The molecule has 3 rings (SSSR count). The zero-order valence-electron chi connectivity index (χ0n) is 13.8. The van der Waals surface area contributed by atoms with Crippen molar-refractivity contribution in [2.45, 2.75) is 0 Å². The molecule has 0 aromatic heterocycles. The quantitative estimate of drug-likeness (QED) is 0.675. The molecule has 0 atom stereocenters. The minimum atomic E-state index is -1.21. The number of fused-ring (bicyclic) bond motifs is 1. The van der Waals surface area contributed by atoms with Gasteiger partial charge >= 0.3 is 5.97 Å². The standard InChI is InChI=1S/C19H17N3O3/c1-22(2)14-9-7-13(8-10-14)20-21-17-15-6-4-3-5-12(15)11-16(18(17)23)19(24)25/h3-11,23H,1-2H3,(H,24,25). The maximum atomic E-state index is 11.4. The van der Waals surface area contributed by atoms with Crippen molar-refractivity contribution in [3.63, 3.8) is 0 Å². The van der Waals surface area contributed by atoms with Crippen molar-refractivity contribution in [2.24, 2.45) is 10.2 Å². The average molecular weight is 335 g/mol. The second-order valence-corrected chi connectivity index (χ2v) is 5.76. The summed E-state index contributed by atoms with van der Waals surface area (Å²) in [6.07, 6.45) is 0. The molecule has 3 aromatic carbocycles. The SMILES string of the molecule is CN(C)c1ccc(N=Nc2c(O)c(C(=O)O)cc3ccccc23)cc1. The Hall–Kier alpha value is -3.41. The molecule has 0 aliphatic heterocycles. The lowest BCUT2D eigenvalue weighted by Gasteiger charge is -2.11. The van der Waals surface area contributed by atoms with E-state index < -0.39 is 5.97 Å². The smallest absolute Gasteiger partial charge is 0.339 e. The number of carboxylic acids is 1. The summed E-state index contributed by atoms with van der Waals surface area (Å²) in [7, 11) is 3.89. The molecule has 0 bridgehead atoms. The van der Waals surface area contributed by atoms with Gasteiger partial charge in [0.15, 0.2) is 5.75 Å². The van der Waals surface area contributed by atoms with Gasteiger partial charge < -0.3 is 15.1 Å². The van der Waals surface area contributed by atoms with E-state index >= 15 is 0 Å². The minimum absolute atomic E-state index is 0.146. The van der Waals surface area contributed by atoms with Gasteiger partial charge in [-0.2, -0.15) is 5.11 Å². The van der Waals surface area contributed by atoms with Gasteiger partial charge in [0.2, 0.25) is 0 Å². The van der Waals surface area contributed by atoms with Crippen molar-refractivity contribution in [3.05, 3.63) is 60.2 Å². The Morgan fingerprint density at radius 1 is 1.00 bits per heavy atom. The van der Waals surface area contributed by atoms with E-state index in [4.69, 9.17) is 0 Å². The number of azo groups is 1. The molecule has 0 saturated heterocycles. The van der Waals surface area contributed by atoms with E-state index in [1.54, 1.807) is 36.4 Å². The maximum Gasteiger partial charge on any atom is 0.339 e. The Bertz CT molecular complexity index is 964. The number of carbonyl (C=O) groups is 1. The second kappa shape index (κ2) is 6.60. The predicted molar refractivity (Wildman–Crippen MR) is 97.5 cm³/mol. The van der Waals surface area contributed by atoms with E-state index in [1.807, 2.05) is 31.1 Å². The lowest BCUT2D eigenvalue weighted by Crippen LogP contribution is -2.07. The molecular weight excluding hydrogens is 318 g/mol. The third-order valence-corrected chi connectivity index (χ3v) is 3.86. The number of anilines is 1. The topological polar surface area (TPSA) is 85.5 Å². The Balaban J connectivity index is 2.08. The number of nitrogens with zero attached hydrogens (tertiary/aromatic N) is 3. The van der Waals surface area contributed by atoms with E-state index in [0.29, 0.717) is 16.5 Å². The van der Waals surface area contributed by atoms with Gasteiger partial charge in [-0.3, -0.25) is 0 Å². The maximum absolute atomic E-state index is 11.4. The minimum Gasteiger partial charge on any atom is -0.505 e. The Kier molecular flexibility index (Phi) is 4.35. The van der Waals surface area contributed by atoms with Crippen LogP contribution >= 0.6 is 0 Å². The summed E-state index contributed by atoms with van der Waals surface area (Å²) in [6.45, 7) is 0. The van der Waals surface area contributed by atoms with E-state index in [2.05, 4.69) is 10.2 Å². The van der Waals surface area contributed by atoms with Crippen LogP contribution in [-0.2, 0) is 0 Å². The molecule has 6 nitrogen and oxygen atoms in total. The molecule has 0 aliphatic rings. The molecule has 2 N–H and O–H groups in total. The lowest BCUT2D eigenvalue weighted by atomic mass is 10.0. The zero-order chi connectivity index (χ0) is 18.0. The van der Waals surface area contributed by atoms with Crippen molar-refractivity contribution < 1.29 is 15.0 Å². The van der Waals surface area contributed by atoms with E-state index in [-0.39, 0.29) is 17.0 Å². The normalized spacial score (nSPS) is 11.1. The van der Waals surface area contributed by atoms with Crippen LogP contribution < -0.4 is 4.90 Å². The summed E-state index contributed by atoms with van der Waals surface area (Å²) in [6, 6.07) is 16.0. The number of aromatic hydroxyl groups is 1. The lowest BCUT2D eigenvalue weighted by molar-refractivity contribution is 0.0694. The molecule has 0 fully saturated rings. The van der Waals surface area contributed by atoms with Gasteiger partial charge in [-0.05, 0) is 35.7 Å². The van der Waals surface area contributed by atoms with Crippen molar-refractivity contribution in [1.82, 2.24) is 0 Å². The van der Waals surface area contributed by atoms with Crippen molar-refractivity contribution in [3.8, 4) is 5.75 Å². The molecule has 0 aliphatic carbocycles. The van der Waals surface area contributed by atoms with Crippen LogP contribution in [0.1, 0.15) is 10.4 Å². The number of hydrogen-bond acceptors (Lipinski definition) is 5. The summed E-state index contributed by atoms with van der Waals surface area (Å²) in [4.78, 5) is 13.3. The highest BCUT2D eigenvalue weighted by Gasteiger charge is 2.17. The number of aromatic carboxylic acids is 1. The molecule has 0 amide bonds. The van der Waals surface area contributed by atoms with Crippen LogP contribution in [0.25, 0.3) is 10.8 Å². The van der Waals surface area contributed by atoms with Crippen LogP contribution in [0.3, 0.4) is 0 Å². The molecule has 0 radical (unpaired) electrons. The van der Waals surface area contributed by atoms with E-state index in [1.165, 1.54) is 6.07 Å². The number of benzene rings is 3. The van der Waals surface area contributed by atoms with Gasteiger partial charge in [-0.15, -0.1) is 5.11 Å². The van der Waals surface area contributed by atoms with Gasteiger partial charge in [0.25, 0.3) is 0 Å². The number of phenols is 1. The van der Waals surface area contributed by atoms with Crippen molar-refractivity contribution in [1.29, 1.82) is 0 Å². The molecule has 0 saturated carbocycles. The Morgan fingerprint density at radius 3 is 2.32 bits per heavy atom. The summed E-state index contributed by atoms with van der Waals surface area (Å²) in [5.74, 6) is -1.60. The molecule has 0 spiro atoms. The highest BCUT2D eigenvalue weighted by molar-refractivity contribution is 6.04. The van der Waals surface area contributed by atoms with Crippen LogP contribution in [0.15, 0.2) is 64.8 Å². The number of rotatable bonds is 4. The molecular formula is C19H17N3O3. The highest BCUT2D eigenvalue weighted by atomic mass is 16.4. The summed E-state index contributed by atoms with van der Waals surface area (Å²) >= 11 is 0. The highest BCUT2D eigenvalue weighted by Crippen LogP contribution is 2.39. The van der Waals surface area contributed by atoms with Crippen LogP contribution in [0.4, 0.5) is 17.1 Å². The fraction of sp³-hybridized carbons (Fsp3) is 0.105. The first kappa shape index (κ1) is 16.4. The molecule has 0 heterocycles. The summed E-state index contributed by atoms with van der Waals surface area (Å²) in [5.41, 5.74) is 1.58. The van der Waals surface area contributed by atoms with Crippen LogP contribution in [-0.4, -0.2) is 30.3 Å². The van der Waals surface area contributed by atoms with Gasteiger partial charge in [0.1, 0.15) is 11.3 Å². The van der Waals surface area contributed by atoms with E-state index in [0.717, 1.165) is 5.69 Å². The summed E-state index contributed by atoms with van der Waals surface area (Å²) < 4.78 is 0. The van der Waals surface area contributed by atoms with Gasteiger partial charge in [0.05, 0.1) is 5.69 Å². The van der Waals surface area contributed by atoms with Gasteiger partial charge in [-0.1, -0.05) is 24.3 Å². The molecule has 25 heavy (non-hydrogen) atoms. The second-order valence-electron chi connectivity index (χ2n) is 5.76. The third kappa shape index (κ3) is 3.28. The van der Waals surface area contributed by atoms with Crippen LogP contribution in [0.5, 0.6) is 5.75 Å². The Labute approximate surface area is 144 Å². The van der Waals surface area contributed by atoms with Crippen LogP contribution in [0, 0.1) is 0 Å². The predicted octanol–water partition coefficient (Wildman–Crippen LogP) is 4.73.